The highest BCUT2D eigenvalue weighted by molar-refractivity contribution is 6.05. The molecule has 2 bridgehead atoms. The number of ether oxygens (including phenoxy) is 1. The number of nitrogens with zero attached hydrogens (tertiary/aromatic N) is 2. The summed E-state index contributed by atoms with van der Waals surface area (Å²) in [6.07, 6.45) is 3.20. The average molecular weight is 369 g/mol. The van der Waals surface area contributed by atoms with Gasteiger partial charge >= 0.3 is 0 Å². The van der Waals surface area contributed by atoms with Crippen LogP contribution < -0.4 is 10.2 Å². The van der Waals surface area contributed by atoms with Crippen molar-refractivity contribution in [2.24, 2.45) is 11.8 Å². The topological polar surface area (TPSA) is 84.7 Å². The Kier molecular flexibility index (Phi) is 3.30. The molecule has 0 unspecified atom stereocenters. The van der Waals surface area contributed by atoms with Crippen LogP contribution >= 0.6 is 0 Å². The number of aryl methyl sites for hydroxylation is 1. The summed E-state index contributed by atoms with van der Waals surface area (Å²) in [4.78, 5) is 27.5. The molecule has 4 heterocycles. The van der Waals surface area contributed by atoms with Crippen molar-refractivity contribution in [3.05, 3.63) is 54.1 Å². The predicted molar refractivity (Wildman–Crippen MR) is 92.3 cm³/mol. The number of halogens is 1. The van der Waals surface area contributed by atoms with Crippen molar-refractivity contribution in [3.63, 3.8) is 0 Å². The molecule has 8 heteroatoms. The molecule has 138 valence electrons. The largest absolute Gasteiger partial charge is 0.360 e. The van der Waals surface area contributed by atoms with E-state index in [2.05, 4.69) is 10.5 Å². The van der Waals surface area contributed by atoms with Crippen LogP contribution in [0.25, 0.3) is 0 Å². The molecule has 1 spiro atoms. The van der Waals surface area contributed by atoms with E-state index in [0.29, 0.717) is 17.3 Å². The first-order chi connectivity index (χ1) is 13.0. The van der Waals surface area contributed by atoms with Crippen LogP contribution in [0.3, 0.4) is 0 Å². The van der Waals surface area contributed by atoms with Crippen molar-refractivity contribution >= 4 is 23.3 Å². The maximum atomic E-state index is 13.4. The second-order valence-corrected chi connectivity index (χ2v) is 7.12. The molecule has 1 aromatic carbocycles. The first-order valence-corrected chi connectivity index (χ1v) is 8.65. The van der Waals surface area contributed by atoms with E-state index in [1.807, 2.05) is 12.2 Å². The SMILES string of the molecule is Cc1cc(N2C[C@]34C=C[C@@H](O3)[C@@H](C(=O)Nc3cccc(F)c3)[C@@H]4C2=O)no1. The number of hydrogen-bond donors (Lipinski definition) is 1. The Hall–Kier alpha value is -3.00. The summed E-state index contributed by atoms with van der Waals surface area (Å²) in [5, 5.41) is 6.61. The van der Waals surface area contributed by atoms with E-state index in [-0.39, 0.29) is 18.4 Å². The van der Waals surface area contributed by atoms with Gasteiger partial charge in [-0.15, -0.1) is 0 Å². The Morgan fingerprint density at radius 2 is 2.26 bits per heavy atom. The molecule has 0 saturated carbocycles. The van der Waals surface area contributed by atoms with Gasteiger partial charge in [0, 0.05) is 11.8 Å². The van der Waals surface area contributed by atoms with Gasteiger partial charge in [0.15, 0.2) is 5.82 Å². The molecule has 2 saturated heterocycles. The van der Waals surface area contributed by atoms with Gasteiger partial charge in [-0.3, -0.25) is 14.5 Å². The highest BCUT2D eigenvalue weighted by Crippen LogP contribution is 2.52. The minimum Gasteiger partial charge on any atom is -0.360 e. The normalized spacial score (nSPS) is 30.8. The number of fused-ring (bicyclic) bond motifs is 1. The lowest BCUT2D eigenvalue weighted by atomic mass is 9.77. The molecule has 1 aromatic heterocycles. The third kappa shape index (κ3) is 2.33. The summed E-state index contributed by atoms with van der Waals surface area (Å²) in [5.74, 6) is -1.39. The fourth-order valence-corrected chi connectivity index (χ4v) is 4.26. The third-order valence-corrected chi connectivity index (χ3v) is 5.39. The van der Waals surface area contributed by atoms with Crippen molar-refractivity contribution in [1.82, 2.24) is 5.16 Å². The number of aromatic nitrogens is 1. The Morgan fingerprint density at radius 1 is 1.41 bits per heavy atom. The van der Waals surface area contributed by atoms with E-state index in [0.717, 1.165) is 0 Å². The zero-order valence-electron chi connectivity index (χ0n) is 14.4. The highest BCUT2D eigenvalue weighted by atomic mass is 19.1. The van der Waals surface area contributed by atoms with Crippen LogP contribution in [0.2, 0.25) is 0 Å². The first kappa shape index (κ1) is 16.2. The first-order valence-electron chi connectivity index (χ1n) is 8.65. The lowest BCUT2D eigenvalue weighted by Crippen LogP contribution is -2.41. The summed E-state index contributed by atoms with van der Waals surface area (Å²) in [7, 11) is 0. The van der Waals surface area contributed by atoms with Crippen molar-refractivity contribution < 1.29 is 23.2 Å². The minimum atomic E-state index is -0.849. The van der Waals surface area contributed by atoms with Crippen molar-refractivity contribution in [3.8, 4) is 0 Å². The number of anilines is 2. The Morgan fingerprint density at radius 3 is 3.00 bits per heavy atom. The molecular weight excluding hydrogens is 353 g/mol. The number of hydrogen-bond acceptors (Lipinski definition) is 5. The average Bonchev–Trinajstić information content (AvgIpc) is 3.36. The van der Waals surface area contributed by atoms with Crippen molar-refractivity contribution in [2.45, 2.75) is 18.6 Å². The molecule has 2 fully saturated rings. The summed E-state index contributed by atoms with van der Waals surface area (Å²) in [5.41, 5.74) is -0.506. The van der Waals surface area contributed by atoms with E-state index in [4.69, 9.17) is 9.26 Å². The fourth-order valence-electron chi connectivity index (χ4n) is 4.26. The smallest absolute Gasteiger partial charge is 0.235 e. The lowest BCUT2D eigenvalue weighted by Gasteiger charge is -2.23. The van der Waals surface area contributed by atoms with Crippen LogP contribution in [0, 0.1) is 24.6 Å². The van der Waals surface area contributed by atoms with Crippen molar-refractivity contribution in [1.29, 1.82) is 0 Å². The van der Waals surface area contributed by atoms with Gasteiger partial charge in [-0.05, 0) is 25.1 Å². The maximum absolute atomic E-state index is 13.4. The number of carbonyl (C=O) groups excluding carboxylic acids is 2. The van der Waals surface area contributed by atoms with Crippen molar-refractivity contribution in [2.75, 3.05) is 16.8 Å². The van der Waals surface area contributed by atoms with Crippen LogP contribution in [-0.4, -0.2) is 35.2 Å². The van der Waals surface area contributed by atoms with Crippen LogP contribution in [0.1, 0.15) is 5.76 Å². The van der Waals surface area contributed by atoms with E-state index in [1.165, 1.54) is 23.1 Å². The summed E-state index contributed by atoms with van der Waals surface area (Å²) >= 11 is 0. The second kappa shape index (κ2) is 5.50. The Labute approximate surface area is 153 Å². The third-order valence-electron chi connectivity index (χ3n) is 5.39. The number of nitrogens with one attached hydrogen (secondary N) is 1. The van der Waals surface area contributed by atoms with Gasteiger partial charge in [0.1, 0.15) is 17.2 Å². The monoisotopic (exact) mass is 369 g/mol. The highest BCUT2D eigenvalue weighted by Gasteiger charge is 2.67. The van der Waals surface area contributed by atoms with Crippen LogP contribution in [0.5, 0.6) is 0 Å². The van der Waals surface area contributed by atoms with E-state index in [9.17, 15) is 14.0 Å². The molecule has 2 aromatic rings. The number of rotatable bonds is 3. The van der Waals surface area contributed by atoms with E-state index < -0.39 is 29.4 Å². The molecule has 3 aliphatic heterocycles. The van der Waals surface area contributed by atoms with Gasteiger partial charge in [0.05, 0.1) is 24.5 Å². The molecule has 0 aliphatic carbocycles. The summed E-state index contributed by atoms with van der Waals surface area (Å²) < 4.78 is 24.5. The summed E-state index contributed by atoms with van der Waals surface area (Å²) in [6, 6.07) is 7.32. The van der Waals surface area contributed by atoms with Gasteiger partial charge in [-0.1, -0.05) is 23.4 Å². The molecule has 3 aliphatic rings. The van der Waals surface area contributed by atoms with Crippen LogP contribution in [-0.2, 0) is 14.3 Å². The van der Waals surface area contributed by atoms with Gasteiger partial charge < -0.3 is 14.6 Å². The molecule has 2 amide bonds. The van der Waals surface area contributed by atoms with Gasteiger partial charge in [-0.25, -0.2) is 4.39 Å². The molecule has 5 rings (SSSR count). The Bertz CT molecular complexity index is 987. The fraction of sp³-hybridized carbons (Fsp3) is 0.316. The molecule has 7 nitrogen and oxygen atoms in total. The van der Waals surface area contributed by atoms with Crippen LogP contribution in [0.4, 0.5) is 15.9 Å². The van der Waals surface area contributed by atoms with E-state index in [1.54, 1.807) is 19.1 Å². The molecule has 4 atom stereocenters. The molecule has 27 heavy (non-hydrogen) atoms. The molecular formula is C19H16FN3O4. The molecule has 0 radical (unpaired) electrons. The standard InChI is InChI=1S/C19H16FN3O4/c1-10-7-14(22-27-10)23-9-19-6-5-13(26-19)15(16(19)18(23)25)17(24)21-12-4-2-3-11(20)8-12/h2-8,13,15-16H,9H2,1H3,(H,21,24)/t13-,15-,16-,19+/m1/s1. The quantitative estimate of drug-likeness (QED) is 0.837. The van der Waals surface area contributed by atoms with Gasteiger partial charge in [-0.2, -0.15) is 0 Å². The zero-order chi connectivity index (χ0) is 18.8. The lowest BCUT2D eigenvalue weighted by molar-refractivity contribution is -0.128. The van der Waals surface area contributed by atoms with Gasteiger partial charge in [0.2, 0.25) is 11.8 Å². The van der Waals surface area contributed by atoms with Gasteiger partial charge in [0.25, 0.3) is 0 Å². The second-order valence-electron chi connectivity index (χ2n) is 7.12. The van der Waals surface area contributed by atoms with Crippen LogP contribution in [0.15, 0.2) is 47.0 Å². The number of carbonyl (C=O) groups is 2. The molecule has 1 N–H and O–H groups in total. The zero-order valence-corrected chi connectivity index (χ0v) is 14.4. The predicted octanol–water partition coefficient (Wildman–Crippen LogP) is 2.05. The van der Waals surface area contributed by atoms with E-state index >= 15 is 0 Å². The Balaban J connectivity index is 1.44. The summed E-state index contributed by atoms with van der Waals surface area (Å²) in [6.45, 7) is 2.02. The minimum absolute atomic E-state index is 0.227. The number of benzene rings is 1. The number of amides is 2. The maximum Gasteiger partial charge on any atom is 0.235 e.